The molecule has 0 unspecified atom stereocenters. The number of aromatic nitrogens is 2. The summed E-state index contributed by atoms with van der Waals surface area (Å²) in [5, 5.41) is 3.94. The Labute approximate surface area is 142 Å². The zero-order chi connectivity index (χ0) is 18.1. The fourth-order valence-electron chi connectivity index (χ4n) is 2.42. The second-order valence-electron chi connectivity index (χ2n) is 5.72. The number of ketones is 1. The summed E-state index contributed by atoms with van der Waals surface area (Å²) in [5.41, 5.74) is 4.54. The van der Waals surface area contributed by atoms with Crippen molar-refractivity contribution in [2.45, 2.75) is 65.8 Å². The Hall–Kier alpha value is -2.18. The van der Waals surface area contributed by atoms with Crippen molar-refractivity contribution >= 4 is 17.4 Å². The maximum absolute atomic E-state index is 12.2. The van der Waals surface area contributed by atoms with E-state index in [0.717, 1.165) is 23.9 Å². The first-order valence-corrected chi connectivity index (χ1v) is 8.52. The molecule has 0 fully saturated rings. The monoisotopic (exact) mass is 337 g/mol. The molecule has 1 rings (SSSR count). The minimum atomic E-state index is -0.720. The van der Waals surface area contributed by atoms with Crippen LogP contribution in [-0.2, 0) is 11.3 Å². The number of aryl methyl sites for hydroxylation is 1. The van der Waals surface area contributed by atoms with Gasteiger partial charge >= 0.3 is 5.97 Å². The van der Waals surface area contributed by atoms with Crippen molar-refractivity contribution in [1.82, 2.24) is 9.78 Å². The van der Waals surface area contributed by atoms with Gasteiger partial charge in [0.15, 0.2) is 11.5 Å². The van der Waals surface area contributed by atoms with E-state index in [1.54, 1.807) is 6.92 Å². The molecular weight excluding hydrogens is 310 g/mol. The van der Waals surface area contributed by atoms with Crippen LogP contribution in [0.1, 0.15) is 80.1 Å². The molecule has 0 aliphatic carbocycles. The predicted octanol–water partition coefficient (Wildman–Crippen LogP) is 2.57. The topological polar surface area (TPSA) is 104 Å². The third kappa shape index (κ3) is 5.18. The van der Waals surface area contributed by atoms with Gasteiger partial charge in [-0.3, -0.25) is 9.59 Å². The molecule has 0 spiro atoms. The van der Waals surface area contributed by atoms with E-state index in [4.69, 9.17) is 10.5 Å². The van der Waals surface area contributed by atoms with Crippen molar-refractivity contribution in [3.05, 3.63) is 21.6 Å². The lowest BCUT2D eigenvalue weighted by Crippen LogP contribution is -2.31. The molecule has 1 heterocycles. The molecule has 0 saturated carbocycles. The highest BCUT2D eigenvalue weighted by Crippen LogP contribution is 2.14. The van der Waals surface area contributed by atoms with Crippen molar-refractivity contribution in [3.63, 3.8) is 0 Å². The van der Waals surface area contributed by atoms with Gasteiger partial charge in [-0.25, -0.2) is 9.48 Å². The van der Waals surface area contributed by atoms with Gasteiger partial charge in [-0.2, -0.15) is 5.10 Å². The fourth-order valence-corrected chi connectivity index (χ4v) is 2.42. The van der Waals surface area contributed by atoms with Crippen LogP contribution in [0.5, 0.6) is 0 Å². The van der Waals surface area contributed by atoms with Gasteiger partial charge in [0, 0.05) is 6.54 Å². The number of unbranched alkanes of at least 4 members (excludes halogenated alkanes) is 5. The summed E-state index contributed by atoms with van der Waals surface area (Å²) in [6.07, 6.45) is 6.42. The van der Waals surface area contributed by atoms with Crippen LogP contribution in [-0.4, -0.2) is 28.1 Å². The molecule has 24 heavy (non-hydrogen) atoms. The van der Waals surface area contributed by atoms with Crippen molar-refractivity contribution < 1.29 is 14.3 Å². The largest absolute Gasteiger partial charge is 0.461 e. The summed E-state index contributed by atoms with van der Waals surface area (Å²) in [6, 6.07) is 0. The minimum absolute atomic E-state index is 0.155. The number of esters is 1. The van der Waals surface area contributed by atoms with Crippen LogP contribution in [0, 0.1) is 0 Å². The first-order chi connectivity index (χ1) is 11.4. The Bertz CT molecular complexity index is 637. The normalized spacial score (nSPS) is 10.6. The van der Waals surface area contributed by atoms with Crippen LogP contribution < -0.4 is 11.3 Å². The molecule has 2 N–H and O–H groups in total. The summed E-state index contributed by atoms with van der Waals surface area (Å²) in [4.78, 5) is 35.9. The number of anilines is 1. The van der Waals surface area contributed by atoms with Crippen LogP contribution in [0.15, 0.2) is 4.79 Å². The van der Waals surface area contributed by atoms with E-state index < -0.39 is 17.3 Å². The molecule has 0 amide bonds. The molecule has 0 aliphatic heterocycles. The molecule has 1 aromatic rings. The Morgan fingerprint density at radius 2 is 1.75 bits per heavy atom. The lowest BCUT2D eigenvalue weighted by Gasteiger charge is -2.11. The number of carbonyl (C=O) groups excluding carboxylic acids is 2. The Kier molecular flexibility index (Phi) is 8.15. The number of hydrogen-bond acceptors (Lipinski definition) is 6. The average Bonchev–Trinajstić information content (AvgIpc) is 2.55. The van der Waals surface area contributed by atoms with E-state index in [1.807, 2.05) is 0 Å². The molecular formula is C17H27N3O4. The molecule has 7 nitrogen and oxygen atoms in total. The molecule has 7 heteroatoms. The van der Waals surface area contributed by atoms with Crippen molar-refractivity contribution in [1.29, 1.82) is 0 Å². The molecule has 0 atom stereocenters. The maximum Gasteiger partial charge on any atom is 0.359 e. The average molecular weight is 337 g/mol. The van der Waals surface area contributed by atoms with Crippen LogP contribution >= 0.6 is 0 Å². The Balaban J connectivity index is 2.77. The molecule has 0 radical (unpaired) electrons. The number of Topliss-reactive ketones (excluding diaryl/α,β-unsaturated/α-hetero) is 1. The second-order valence-corrected chi connectivity index (χ2v) is 5.72. The third-order valence-corrected chi connectivity index (χ3v) is 3.77. The van der Waals surface area contributed by atoms with Gasteiger partial charge in [0.25, 0.3) is 5.56 Å². The zero-order valence-corrected chi connectivity index (χ0v) is 14.8. The summed E-state index contributed by atoms with van der Waals surface area (Å²) in [5.74, 6) is -1.20. The van der Waals surface area contributed by atoms with Gasteiger partial charge in [-0.1, -0.05) is 39.0 Å². The molecule has 0 aliphatic rings. The van der Waals surface area contributed by atoms with E-state index in [9.17, 15) is 14.4 Å². The lowest BCUT2D eigenvalue weighted by atomic mass is 10.1. The van der Waals surface area contributed by atoms with E-state index in [0.29, 0.717) is 0 Å². The third-order valence-electron chi connectivity index (χ3n) is 3.77. The molecule has 1 aromatic heterocycles. The smallest absolute Gasteiger partial charge is 0.359 e. The number of hydrogen-bond donors (Lipinski definition) is 1. The van der Waals surface area contributed by atoms with Crippen molar-refractivity contribution in [2.24, 2.45) is 0 Å². The highest BCUT2D eigenvalue weighted by atomic mass is 16.5. The number of ether oxygens (including phenoxy) is 1. The number of rotatable bonds is 10. The SMILES string of the molecule is CCCCCCCCOC(=O)c1nn(CC)c(=O)c(N)c1C(C)=O. The highest BCUT2D eigenvalue weighted by molar-refractivity contribution is 6.07. The summed E-state index contributed by atoms with van der Waals surface area (Å²) < 4.78 is 6.25. The number of nitrogen functional groups attached to an aromatic ring is 1. The van der Waals surface area contributed by atoms with Crippen molar-refractivity contribution in [3.8, 4) is 0 Å². The molecule has 0 saturated heterocycles. The summed E-state index contributed by atoms with van der Waals surface area (Å²) >= 11 is 0. The van der Waals surface area contributed by atoms with Gasteiger partial charge in [0.1, 0.15) is 5.69 Å². The van der Waals surface area contributed by atoms with Crippen LogP contribution in [0.2, 0.25) is 0 Å². The minimum Gasteiger partial charge on any atom is -0.461 e. The summed E-state index contributed by atoms with van der Waals surface area (Å²) in [7, 11) is 0. The van der Waals surface area contributed by atoms with Crippen LogP contribution in [0.3, 0.4) is 0 Å². The summed E-state index contributed by atoms with van der Waals surface area (Å²) in [6.45, 7) is 5.61. The van der Waals surface area contributed by atoms with E-state index in [-0.39, 0.29) is 30.1 Å². The fraction of sp³-hybridized carbons (Fsp3) is 0.647. The number of nitrogens with two attached hydrogens (primary N) is 1. The predicted molar refractivity (Wildman–Crippen MR) is 92.2 cm³/mol. The maximum atomic E-state index is 12.2. The lowest BCUT2D eigenvalue weighted by molar-refractivity contribution is 0.0484. The molecule has 134 valence electrons. The number of carbonyl (C=O) groups is 2. The first-order valence-electron chi connectivity index (χ1n) is 8.52. The van der Waals surface area contributed by atoms with Crippen LogP contribution in [0.4, 0.5) is 5.69 Å². The van der Waals surface area contributed by atoms with Gasteiger partial charge in [0.2, 0.25) is 0 Å². The van der Waals surface area contributed by atoms with E-state index in [1.165, 1.54) is 26.2 Å². The van der Waals surface area contributed by atoms with Gasteiger partial charge in [-0.15, -0.1) is 0 Å². The number of nitrogens with zero attached hydrogens (tertiary/aromatic N) is 2. The first kappa shape index (κ1) is 19.9. The van der Waals surface area contributed by atoms with Gasteiger partial charge in [0.05, 0.1) is 12.2 Å². The molecule has 0 bridgehead atoms. The molecule has 0 aromatic carbocycles. The standard InChI is InChI=1S/C17H27N3O4/c1-4-6-7-8-9-10-11-24-17(23)15-13(12(3)21)14(18)16(22)20(5-2)19-15/h4-11,18H2,1-3H3. The van der Waals surface area contributed by atoms with Gasteiger partial charge < -0.3 is 10.5 Å². The van der Waals surface area contributed by atoms with Gasteiger partial charge in [-0.05, 0) is 20.3 Å². The highest BCUT2D eigenvalue weighted by Gasteiger charge is 2.24. The van der Waals surface area contributed by atoms with E-state index in [2.05, 4.69) is 12.0 Å². The Morgan fingerprint density at radius 3 is 2.33 bits per heavy atom. The second kappa shape index (κ2) is 9.85. The van der Waals surface area contributed by atoms with Crippen LogP contribution in [0.25, 0.3) is 0 Å². The quantitative estimate of drug-likeness (QED) is 0.400. The van der Waals surface area contributed by atoms with Crippen molar-refractivity contribution in [2.75, 3.05) is 12.3 Å². The Morgan fingerprint density at radius 1 is 1.12 bits per heavy atom. The van der Waals surface area contributed by atoms with E-state index >= 15 is 0 Å². The zero-order valence-electron chi connectivity index (χ0n) is 14.8.